The van der Waals surface area contributed by atoms with E-state index in [0.717, 1.165) is 18.2 Å². The molecule has 1 aliphatic rings. The van der Waals surface area contributed by atoms with Gasteiger partial charge >= 0.3 is 0 Å². The number of nitrogens with zero attached hydrogens (tertiary/aromatic N) is 1. The van der Waals surface area contributed by atoms with E-state index in [9.17, 15) is 16.8 Å². The van der Waals surface area contributed by atoms with Crippen LogP contribution in [0.5, 0.6) is 5.75 Å². The molecule has 0 radical (unpaired) electrons. The van der Waals surface area contributed by atoms with Crippen molar-refractivity contribution in [2.24, 2.45) is 0 Å². The first kappa shape index (κ1) is 18.5. The van der Waals surface area contributed by atoms with E-state index < -0.39 is 20.0 Å². The highest BCUT2D eigenvalue weighted by Gasteiger charge is 2.26. The quantitative estimate of drug-likeness (QED) is 0.836. The predicted molar refractivity (Wildman–Crippen MR) is 101 cm³/mol. The van der Waals surface area contributed by atoms with E-state index in [0.29, 0.717) is 17.1 Å². The first-order valence-corrected chi connectivity index (χ1v) is 11.4. The molecule has 140 valence electrons. The van der Waals surface area contributed by atoms with Gasteiger partial charge in [0.25, 0.3) is 10.0 Å². The molecule has 2 aromatic rings. The molecule has 1 aliphatic heterocycles. The molecule has 0 aliphatic carbocycles. The summed E-state index contributed by atoms with van der Waals surface area (Å²) in [6.45, 7) is 2.42. The van der Waals surface area contributed by atoms with Crippen molar-refractivity contribution in [1.29, 1.82) is 0 Å². The minimum Gasteiger partial charge on any atom is -0.489 e. The van der Waals surface area contributed by atoms with Crippen LogP contribution in [0.4, 0.5) is 11.4 Å². The van der Waals surface area contributed by atoms with Crippen LogP contribution in [0.2, 0.25) is 0 Å². The second-order valence-electron chi connectivity index (χ2n) is 5.97. The number of sulfonamides is 2. The summed E-state index contributed by atoms with van der Waals surface area (Å²) in [5, 5.41) is 0. The molecule has 9 heteroatoms. The predicted octanol–water partition coefficient (Wildman–Crippen LogP) is 2.21. The summed E-state index contributed by atoms with van der Waals surface area (Å²) in [5.74, 6) is 0.322. The monoisotopic (exact) mass is 396 g/mol. The van der Waals surface area contributed by atoms with Crippen LogP contribution in [-0.2, 0) is 26.5 Å². The molecule has 1 heterocycles. The van der Waals surface area contributed by atoms with E-state index in [-0.39, 0.29) is 18.0 Å². The molecule has 0 fully saturated rings. The van der Waals surface area contributed by atoms with Crippen LogP contribution < -0.4 is 13.8 Å². The van der Waals surface area contributed by atoms with Gasteiger partial charge in [0, 0.05) is 6.07 Å². The fourth-order valence-corrected chi connectivity index (χ4v) is 4.68. The van der Waals surface area contributed by atoms with Gasteiger partial charge in [-0.25, -0.2) is 16.8 Å². The zero-order chi connectivity index (χ0) is 18.9. The molecule has 7 nitrogen and oxygen atoms in total. The standard InChI is InChI=1S/C17H20N2O5S2/c1-3-13-4-7-15(8-5-13)26(22,23)18-14-6-9-16-17(12-14)24-11-10-19(16)25(2,20)21/h4-9,12,18H,3,10-11H2,1-2H3. The second-order valence-corrected chi connectivity index (χ2v) is 9.56. The van der Waals surface area contributed by atoms with Crippen molar-refractivity contribution in [1.82, 2.24) is 0 Å². The summed E-state index contributed by atoms with van der Waals surface area (Å²) in [7, 11) is -7.17. The van der Waals surface area contributed by atoms with Gasteiger partial charge in [0.1, 0.15) is 12.4 Å². The van der Waals surface area contributed by atoms with Crippen molar-refractivity contribution in [2.45, 2.75) is 18.2 Å². The number of benzene rings is 2. The Morgan fingerprint density at radius 3 is 2.38 bits per heavy atom. The first-order valence-electron chi connectivity index (χ1n) is 8.07. The van der Waals surface area contributed by atoms with Crippen LogP contribution in [0.1, 0.15) is 12.5 Å². The van der Waals surface area contributed by atoms with Gasteiger partial charge in [0.2, 0.25) is 10.0 Å². The SMILES string of the molecule is CCc1ccc(S(=O)(=O)Nc2ccc3c(c2)OCCN3S(C)(=O)=O)cc1. The van der Waals surface area contributed by atoms with Crippen molar-refractivity contribution in [3.63, 3.8) is 0 Å². The Labute approximate surface area is 153 Å². The van der Waals surface area contributed by atoms with E-state index in [1.165, 1.54) is 22.5 Å². The van der Waals surface area contributed by atoms with Crippen LogP contribution in [0.3, 0.4) is 0 Å². The van der Waals surface area contributed by atoms with E-state index in [1.807, 2.05) is 6.92 Å². The van der Waals surface area contributed by atoms with Crippen molar-refractivity contribution >= 4 is 31.4 Å². The lowest BCUT2D eigenvalue weighted by molar-refractivity contribution is 0.316. The largest absolute Gasteiger partial charge is 0.489 e. The van der Waals surface area contributed by atoms with Crippen LogP contribution in [0.15, 0.2) is 47.4 Å². The Hall–Kier alpha value is -2.26. The minimum absolute atomic E-state index is 0.158. The summed E-state index contributed by atoms with van der Waals surface area (Å²) in [6, 6.07) is 11.2. The van der Waals surface area contributed by atoms with E-state index in [1.54, 1.807) is 24.3 Å². The third-order valence-corrected chi connectivity index (χ3v) is 6.65. The molecule has 26 heavy (non-hydrogen) atoms. The molecule has 2 aromatic carbocycles. The third-order valence-electron chi connectivity index (χ3n) is 4.07. The molecule has 0 aromatic heterocycles. The van der Waals surface area contributed by atoms with Gasteiger partial charge in [-0.2, -0.15) is 0 Å². The minimum atomic E-state index is -3.74. The Kier molecular flexibility index (Phi) is 4.85. The summed E-state index contributed by atoms with van der Waals surface area (Å²) >= 11 is 0. The zero-order valence-corrected chi connectivity index (χ0v) is 16.1. The molecule has 0 bridgehead atoms. The molecule has 0 atom stereocenters. The Morgan fingerprint density at radius 1 is 1.08 bits per heavy atom. The number of hydrogen-bond acceptors (Lipinski definition) is 5. The Balaban J connectivity index is 1.89. The number of fused-ring (bicyclic) bond motifs is 1. The topological polar surface area (TPSA) is 92.8 Å². The summed E-state index contributed by atoms with van der Waals surface area (Å²) < 4.78 is 58.0. The number of anilines is 2. The molecular formula is C17H20N2O5S2. The average Bonchev–Trinajstić information content (AvgIpc) is 2.60. The lowest BCUT2D eigenvalue weighted by Gasteiger charge is -2.29. The van der Waals surface area contributed by atoms with Gasteiger partial charge in [-0.15, -0.1) is 0 Å². The van der Waals surface area contributed by atoms with Crippen LogP contribution in [-0.4, -0.2) is 36.2 Å². The smallest absolute Gasteiger partial charge is 0.261 e. The molecule has 3 rings (SSSR count). The van der Waals surface area contributed by atoms with Crippen LogP contribution in [0, 0.1) is 0 Å². The fraction of sp³-hybridized carbons (Fsp3) is 0.294. The van der Waals surface area contributed by atoms with Crippen molar-refractivity contribution in [3.05, 3.63) is 48.0 Å². The lowest BCUT2D eigenvalue weighted by Crippen LogP contribution is -2.37. The maximum atomic E-state index is 12.5. The van der Waals surface area contributed by atoms with Gasteiger partial charge in [0.15, 0.2) is 0 Å². The van der Waals surface area contributed by atoms with Crippen molar-refractivity contribution < 1.29 is 21.6 Å². The summed E-state index contributed by atoms with van der Waals surface area (Å²) in [4.78, 5) is 0.158. The fourth-order valence-electron chi connectivity index (χ4n) is 2.72. The van der Waals surface area contributed by atoms with Crippen LogP contribution in [0.25, 0.3) is 0 Å². The van der Waals surface area contributed by atoms with Gasteiger partial charge in [-0.05, 0) is 36.2 Å². The Morgan fingerprint density at radius 2 is 1.77 bits per heavy atom. The lowest BCUT2D eigenvalue weighted by atomic mass is 10.2. The normalized spacial score (nSPS) is 14.5. The second kappa shape index (κ2) is 6.81. The van der Waals surface area contributed by atoms with Crippen molar-refractivity contribution in [3.8, 4) is 5.75 Å². The molecule has 0 unspecified atom stereocenters. The van der Waals surface area contributed by atoms with Gasteiger partial charge in [0.05, 0.1) is 29.1 Å². The maximum Gasteiger partial charge on any atom is 0.261 e. The van der Waals surface area contributed by atoms with E-state index >= 15 is 0 Å². The molecule has 0 saturated carbocycles. The zero-order valence-electron chi connectivity index (χ0n) is 14.5. The number of ether oxygens (including phenoxy) is 1. The van der Waals surface area contributed by atoms with E-state index in [2.05, 4.69) is 4.72 Å². The highest BCUT2D eigenvalue weighted by Crippen LogP contribution is 2.35. The molecule has 0 saturated heterocycles. The third kappa shape index (κ3) is 3.78. The highest BCUT2D eigenvalue weighted by atomic mass is 32.2. The Bertz CT molecular complexity index is 1020. The first-order chi connectivity index (χ1) is 12.2. The highest BCUT2D eigenvalue weighted by molar-refractivity contribution is 7.92. The molecule has 0 spiro atoms. The number of rotatable bonds is 5. The van der Waals surface area contributed by atoms with Gasteiger partial charge in [-0.3, -0.25) is 9.03 Å². The van der Waals surface area contributed by atoms with Crippen molar-refractivity contribution in [2.75, 3.05) is 28.4 Å². The van der Waals surface area contributed by atoms with E-state index in [4.69, 9.17) is 4.74 Å². The summed E-state index contributed by atoms with van der Waals surface area (Å²) in [5.41, 5.74) is 1.75. The average molecular weight is 396 g/mol. The maximum absolute atomic E-state index is 12.5. The summed E-state index contributed by atoms with van der Waals surface area (Å²) in [6.07, 6.45) is 1.95. The molecular weight excluding hydrogens is 376 g/mol. The number of nitrogens with one attached hydrogen (secondary N) is 1. The molecule has 1 N–H and O–H groups in total. The van der Waals surface area contributed by atoms with Gasteiger partial charge in [-0.1, -0.05) is 19.1 Å². The number of hydrogen-bond donors (Lipinski definition) is 1. The number of aryl methyl sites for hydroxylation is 1. The molecule has 0 amide bonds. The van der Waals surface area contributed by atoms with Crippen LogP contribution >= 0.6 is 0 Å². The van der Waals surface area contributed by atoms with Gasteiger partial charge < -0.3 is 4.74 Å².